The Kier molecular flexibility index (Phi) is 4.30. The maximum absolute atomic E-state index is 12.6. The number of carbonyl (C=O) groups is 2. The van der Waals surface area contributed by atoms with Crippen molar-refractivity contribution < 1.29 is 14.0 Å². The van der Waals surface area contributed by atoms with Crippen LogP contribution in [-0.2, 0) is 4.79 Å². The maximum atomic E-state index is 12.6. The van der Waals surface area contributed by atoms with E-state index in [9.17, 15) is 14.4 Å². The monoisotopic (exact) mass is 337 g/mol. The van der Waals surface area contributed by atoms with Crippen LogP contribution in [0.5, 0.6) is 0 Å². The lowest BCUT2D eigenvalue weighted by Crippen LogP contribution is -2.28. The summed E-state index contributed by atoms with van der Waals surface area (Å²) < 4.78 is 6.18. The molecule has 0 spiro atoms. The lowest BCUT2D eigenvalue weighted by atomic mass is 10.2. The molecular formula is C18H15N3O4. The van der Waals surface area contributed by atoms with Crippen molar-refractivity contribution in [2.45, 2.75) is 13.8 Å². The molecular weight excluding hydrogens is 322 g/mol. The zero-order chi connectivity index (χ0) is 18.0. The van der Waals surface area contributed by atoms with Crippen LogP contribution in [0.25, 0.3) is 5.69 Å². The van der Waals surface area contributed by atoms with E-state index in [0.29, 0.717) is 5.69 Å². The third-order valence-electron chi connectivity index (χ3n) is 3.48. The molecule has 0 aliphatic rings. The van der Waals surface area contributed by atoms with Crippen molar-refractivity contribution in [2.75, 3.05) is 5.32 Å². The molecule has 0 aliphatic carbocycles. The second-order valence-corrected chi connectivity index (χ2v) is 5.48. The van der Waals surface area contributed by atoms with E-state index in [1.165, 1.54) is 25.3 Å². The minimum absolute atomic E-state index is 0.0149. The molecule has 0 radical (unpaired) electrons. The number of rotatable bonds is 4. The molecule has 0 atom stereocenters. The quantitative estimate of drug-likeness (QED) is 0.737. The first-order chi connectivity index (χ1) is 12.0. The highest BCUT2D eigenvalue weighted by molar-refractivity contribution is 6.06. The number of ketones is 1. The molecule has 0 fully saturated rings. The molecule has 126 valence electrons. The van der Waals surface area contributed by atoms with Crippen LogP contribution in [0, 0.1) is 6.92 Å². The van der Waals surface area contributed by atoms with Gasteiger partial charge < -0.3 is 9.73 Å². The zero-order valence-corrected chi connectivity index (χ0v) is 13.6. The number of anilines is 1. The van der Waals surface area contributed by atoms with Crippen LogP contribution in [0.2, 0.25) is 0 Å². The highest BCUT2D eigenvalue weighted by Crippen LogP contribution is 2.13. The average molecular weight is 337 g/mol. The van der Waals surface area contributed by atoms with Crippen molar-refractivity contribution in [1.82, 2.24) is 9.78 Å². The zero-order valence-electron chi connectivity index (χ0n) is 13.6. The van der Waals surface area contributed by atoms with Crippen molar-refractivity contribution >= 4 is 17.4 Å². The first kappa shape index (κ1) is 16.4. The highest BCUT2D eigenvalue weighted by atomic mass is 16.3. The Morgan fingerprint density at radius 1 is 1.16 bits per heavy atom. The number of carbonyl (C=O) groups excluding carboxylic acids is 2. The summed E-state index contributed by atoms with van der Waals surface area (Å²) in [4.78, 5) is 36.5. The van der Waals surface area contributed by atoms with E-state index in [2.05, 4.69) is 10.4 Å². The van der Waals surface area contributed by atoms with E-state index in [-0.39, 0.29) is 17.1 Å². The highest BCUT2D eigenvalue weighted by Gasteiger charge is 2.19. The van der Waals surface area contributed by atoms with Crippen LogP contribution < -0.4 is 10.9 Å². The Morgan fingerprint density at radius 3 is 2.48 bits per heavy atom. The molecule has 0 bridgehead atoms. The van der Waals surface area contributed by atoms with Gasteiger partial charge in [0.05, 0.1) is 12.0 Å². The lowest BCUT2D eigenvalue weighted by Gasteiger charge is -2.10. The standard InChI is InChI=1S/C18H15N3O4/c1-11-5-7-13(8-6-11)21-18(24)15(19-12(2)22)10-14(20-21)17(23)16-4-3-9-25-16/h3-10H,1-2H3,(H,19,22). The Bertz CT molecular complexity index is 986. The molecule has 1 aromatic carbocycles. The van der Waals surface area contributed by atoms with E-state index in [1.807, 2.05) is 19.1 Å². The summed E-state index contributed by atoms with van der Waals surface area (Å²) in [7, 11) is 0. The fraction of sp³-hybridized carbons (Fsp3) is 0.111. The molecule has 3 rings (SSSR count). The number of nitrogens with zero attached hydrogens (tertiary/aromatic N) is 2. The summed E-state index contributed by atoms with van der Waals surface area (Å²) in [5, 5.41) is 6.58. The number of furan rings is 1. The number of nitrogens with one attached hydrogen (secondary N) is 1. The Labute approximate surface area is 142 Å². The van der Waals surface area contributed by atoms with Gasteiger partial charge in [0, 0.05) is 6.92 Å². The van der Waals surface area contributed by atoms with E-state index in [0.717, 1.165) is 10.2 Å². The van der Waals surface area contributed by atoms with Gasteiger partial charge in [0.15, 0.2) is 5.76 Å². The maximum Gasteiger partial charge on any atom is 0.295 e. The van der Waals surface area contributed by atoms with Crippen LogP contribution in [0.4, 0.5) is 5.69 Å². The second-order valence-electron chi connectivity index (χ2n) is 5.48. The number of aromatic nitrogens is 2. The average Bonchev–Trinajstić information content (AvgIpc) is 3.11. The molecule has 7 heteroatoms. The van der Waals surface area contributed by atoms with Crippen LogP contribution in [0.15, 0.2) is 57.9 Å². The predicted octanol–water partition coefficient (Wildman–Crippen LogP) is 2.32. The lowest BCUT2D eigenvalue weighted by molar-refractivity contribution is -0.114. The van der Waals surface area contributed by atoms with Gasteiger partial charge in [-0.2, -0.15) is 9.78 Å². The van der Waals surface area contributed by atoms with Gasteiger partial charge in [-0.1, -0.05) is 17.7 Å². The third kappa shape index (κ3) is 3.40. The molecule has 0 saturated heterocycles. The number of hydrogen-bond acceptors (Lipinski definition) is 5. The fourth-order valence-corrected chi connectivity index (χ4v) is 2.28. The van der Waals surface area contributed by atoms with Crippen LogP contribution in [-0.4, -0.2) is 21.5 Å². The molecule has 3 aromatic rings. The Hall–Kier alpha value is -3.48. The molecule has 2 heterocycles. The number of benzene rings is 1. The summed E-state index contributed by atoms with van der Waals surface area (Å²) in [5.41, 5.74) is 0.921. The van der Waals surface area contributed by atoms with Gasteiger partial charge in [0.1, 0.15) is 11.4 Å². The van der Waals surface area contributed by atoms with Crippen molar-refractivity contribution in [3.63, 3.8) is 0 Å². The number of aryl methyl sites for hydroxylation is 1. The van der Waals surface area contributed by atoms with Gasteiger partial charge >= 0.3 is 0 Å². The normalized spacial score (nSPS) is 10.5. The molecule has 0 saturated carbocycles. The van der Waals surface area contributed by atoms with Gasteiger partial charge in [-0.05, 0) is 37.3 Å². The first-order valence-electron chi connectivity index (χ1n) is 7.53. The van der Waals surface area contributed by atoms with Gasteiger partial charge in [0.2, 0.25) is 11.7 Å². The Morgan fingerprint density at radius 2 is 1.88 bits per heavy atom. The summed E-state index contributed by atoms with van der Waals surface area (Å²) >= 11 is 0. The Balaban J connectivity index is 2.18. The van der Waals surface area contributed by atoms with Crippen LogP contribution in [0.1, 0.15) is 28.7 Å². The van der Waals surface area contributed by atoms with Crippen molar-refractivity contribution in [3.8, 4) is 5.69 Å². The minimum atomic E-state index is -0.532. The SMILES string of the molecule is CC(=O)Nc1cc(C(=O)c2ccco2)nn(-c2ccc(C)cc2)c1=O. The topological polar surface area (TPSA) is 94.2 Å². The predicted molar refractivity (Wildman–Crippen MR) is 91.0 cm³/mol. The van der Waals surface area contributed by atoms with Crippen LogP contribution >= 0.6 is 0 Å². The number of amides is 1. The third-order valence-corrected chi connectivity index (χ3v) is 3.48. The van der Waals surface area contributed by atoms with E-state index >= 15 is 0 Å². The van der Waals surface area contributed by atoms with Crippen molar-refractivity contribution in [3.05, 3.63) is 76.1 Å². The van der Waals surface area contributed by atoms with Crippen molar-refractivity contribution in [1.29, 1.82) is 0 Å². The van der Waals surface area contributed by atoms with Gasteiger partial charge in [-0.25, -0.2) is 0 Å². The smallest absolute Gasteiger partial charge is 0.295 e. The molecule has 1 amide bonds. The molecule has 25 heavy (non-hydrogen) atoms. The molecule has 0 aliphatic heterocycles. The second kappa shape index (κ2) is 6.56. The van der Waals surface area contributed by atoms with Gasteiger partial charge in [-0.15, -0.1) is 0 Å². The summed E-state index contributed by atoms with van der Waals surface area (Å²) in [6.45, 7) is 3.20. The summed E-state index contributed by atoms with van der Waals surface area (Å²) in [6, 6.07) is 11.4. The molecule has 1 N–H and O–H groups in total. The fourth-order valence-electron chi connectivity index (χ4n) is 2.28. The van der Waals surface area contributed by atoms with Gasteiger partial charge in [-0.3, -0.25) is 14.4 Å². The van der Waals surface area contributed by atoms with E-state index in [4.69, 9.17) is 4.42 Å². The summed E-state index contributed by atoms with van der Waals surface area (Å²) in [5.74, 6) is -0.817. The van der Waals surface area contributed by atoms with Crippen LogP contribution in [0.3, 0.4) is 0 Å². The minimum Gasteiger partial charge on any atom is -0.461 e. The van der Waals surface area contributed by atoms with E-state index in [1.54, 1.807) is 18.2 Å². The largest absolute Gasteiger partial charge is 0.461 e. The molecule has 2 aromatic heterocycles. The molecule has 7 nitrogen and oxygen atoms in total. The van der Waals surface area contributed by atoms with E-state index < -0.39 is 17.2 Å². The summed E-state index contributed by atoms with van der Waals surface area (Å²) in [6.07, 6.45) is 1.37. The first-order valence-corrected chi connectivity index (χ1v) is 7.53. The van der Waals surface area contributed by atoms with Gasteiger partial charge in [0.25, 0.3) is 5.56 Å². The molecule has 0 unspecified atom stereocenters. The van der Waals surface area contributed by atoms with Crippen molar-refractivity contribution in [2.24, 2.45) is 0 Å². The number of hydrogen-bond donors (Lipinski definition) is 1.